The predicted molar refractivity (Wildman–Crippen MR) is 196 cm³/mol. The van der Waals surface area contributed by atoms with E-state index >= 15 is 0 Å². The van der Waals surface area contributed by atoms with E-state index in [1.54, 1.807) is 0 Å². The van der Waals surface area contributed by atoms with Gasteiger partial charge in [0, 0.05) is 16.9 Å². The molecule has 0 unspecified atom stereocenters. The van der Waals surface area contributed by atoms with E-state index in [-0.39, 0.29) is 52.8 Å². The first kappa shape index (κ1) is 35.7. The highest BCUT2D eigenvalue weighted by Gasteiger charge is 2.53. The number of hydrogen-bond donors (Lipinski definition) is 2. The average molecular weight is 719 g/mol. The third-order valence-corrected chi connectivity index (χ3v) is 10.3. The first-order valence-electron chi connectivity index (χ1n) is 17.5. The molecule has 53 heavy (non-hydrogen) atoms. The molecule has 2 aromatic carbocycles. The fourth-order valence-corrected chi connectivity index (χ4v) is 7.98. The van der Waals surface area contributed by atoms with Crippen molar-refractivity contribution in [2.45, 2.75) is 45.1 Å². The lowest BCUT2D eigenvalue weighted by atomic mass is 9.64. The fourth-order valence-electron chi connectivity index (χ4n) is 7.98. The molecule has 4 atom stereocenters. The topological polar surface area (TPSA) is 152 Å². The van der Waals surface area contributed by atoms with E-state index in [1.165, 1.54) is 12.2 Å². The summed E-state index contributed by atoms with van der Waals surface area (Å²) in [5.41, 5.74) is 2.92. The van der Waals surface area contributed by atoms with Gasteiger partial charge in [-0.05, 0) is 74.6 Å². The Morgan fingerprint density at radius 2 is 1.30 bits per heavy atom. The van der Waals surface area contributed by atoms with Crippen LogP contribution < -0.4 is 9.47 Å². The Morgan fingerprint density at radius 1 is 0.755 bits per heavy atom. The van der Waals surface area contributed by atoms with Gasteiger partial charge in [0.15, 0.2) is 23.1 Å². The van der Waals surface area contributed by atoms with Crippen LogP contribution >= 0.6 is 0 Å². The van der Waals surface area contributed by atoms with E-state index in [0.717, 1.165) is 11.1 Å². The number of fused-ring (bicyclic) bond motifs is 4. The quantitative estimate of drug-likeness (QED) is 0.194. The largest absolute Gasteiger partial charge is 0.507 e. The van der Waals surface area contributed by atoms with E-state index < -0.39 is 5.41 Å². The Labute approximate surface area is 307 Å². The van der Waals surface area contributed by atoms with Crippen LogP contribution in [-0.2, 0) is 22.8 Å². The van der Waals surface area contributed by atoms with E-state index in [9.17, 15) is 19.8 Å². The molecule has 4 aliphatic carbocycles. The number of hydrogen-bond acceptors (Lipinski definition) is 12. The van der Waals surface area contributed by atoms with Crippen molar-refractivity contribution < 1.29 is 38.3 Å². The van der Waals surface area contributed by atoms with E-state index in [1.807, 2.05) is 118 Å². The first-order valence-corrected chi connectivity index (χ1v) is 17.5. The normalized spacial score (nSPS) is 23.0. The molecule has 12 nitrogen and oxygen atoms in total. The molecule has 2 heterocycles. The SMILES string of the molecule is CN(C)[C@H]1c2onc(OCc3ccccc3)c2C(O)=C2C(=O)C=CC[C@H]21.CN(C)[C@H]1c2onc(OCc3ccccc3)c2C(O)=C2C(=O)C=CC[C@]21C. The Bertz CT molecular complexity index is 2140. The summed E-state index contributed by atoms with van der Waals surface area (Å²) in [5.74, 6) is 0.773. The van der Waals surface area contributed by atoms with Gasteiger partial charge in [0.25, 0.3) is 11.8 Å². The van der Waals surface area contributed by atoms with Crippen molar-refractivity contribution in [2.24, 2.45) is 11.3 Å². The zero-order chi connectivity index (χ0) is 37.4. The molecule has 0 fully saturated rings. The summed E-state index contributed by atoms with van der Waals surface area (Å²) in [4.78, 5) is 29.0. The average Bonchev–Trinajstić information content (AvgIpc) is 3.75. The number of nitrogens with zero attached hydrogens (tertiary/aromatic N) is 4. The minimum absolute atomic E-state index is 0.0817. The van der Waals surface area contributed by atoms with Crippen LogP contribution in [0.5, 0.6) is 11.8 Å². The van der Waals surface area contributed by atoms with Gasteiger partial charge >= 0.3 is 0 Å². The molecule has 0 radical (unpaired) electrons. The molecular formula is C41H42N4O8. The van der Waals surface area contributed by atoms with Crippen LogP contribution in [0.2, 0.25) is 0 Å². The van der Waals surface area contributed by atoms with Crippen molar-refractivity contribution >= 4 is 23.1 Å². The molecule has 4 aromatic rings. The maximum atomic E-state index is 12.6. The smallest absolute Gasteiger partial charge is 0.265 e. The Kier molecular flexibility index (Phi) is 9.67. The third-order valence-electron chi connectivity index (χ3n) is 10.3. The van der Waals surface area contributed by atoms with Crippen LogP contribution in [0, 0.1) is 11.3 Å². The number of aliphatic hydroxyl groups is 2. The van der Waals surface area contributed by atoms with Crippen molar-refractivity contribution in [2.75, 3.05) is 28.2 Å². The molecule has 4 aliphatic rings. The number of ether oxygens (including phenoxy) is 2. The molecule has 0 saturated carbocycles. The van der Waals surface area contributed by atoms with Crippen molar-refractivity contribution in [1.82, 2.24) is 20.1 Å². The lowest BCUT2D eigenvalue weighted by Crippen LogP contribution is -2.43. The lowest BCUT2D eigenvalue weighted by molar-refractivity contribution is -0.113. The second kappa shape index (κ2) is 14.4. The third kappa shape index (κ3) is 6.38. The number of allylic oxidation sites excluding steroid dienone is 4. The standard InChI is InChI=1S/C21H22N2O4.C20H20N2O4/c1-21-11-7-10-14(24)16(21)17(25)15-18(19(21)23(2)3)27-22-20(15)26-12-13-8-5-4-6-9-13;1-22(2)17-13-9-6-10-14(23)15(13)18(24)16-19(17)26-21-20(16)25-11-12-7-4-3-5-8-12/h4-10,19,25H,11-12H2,1-3H3;3-8,10,13,17,24H,9,11H2,1-2H3/t19-,21+;13-,17-/m01/s1. The molecule has 2 N–H and O–H groups in total. The van der Waals surface area contributed by atoms with Crippen molar-refractivity contribution in [1.29, 1.82) is 0 Å². The minimum Gasteiger partial charge on any atom is -0.507 e. The first-order chi connectivity index (χ1) is 25.5. The summed E-state index contributed by atoms with van der Waals surface area (Å²) in [6, 6.07) is 18.9. The summed E-state index contributed by atoms with van der Waals surface area (Å²) in [7, 11) is 7.69. The van der Waals surface area contributed by atoms with E-state index in [2.05, 4.69) is 10.3 Å². The van der Waals surface area contributed by atoms with Crippen LogP contribution in [0.4, 0.5) is 0 Å². The second-order valence-electron chi connectivity index (χ2n) is 14.3. The van der Waals surface area contributed by atoms with Crippen LogP contribution in [-0.4, -0.2) is 70.1 Å². The molecule has 0 saturated heterocycles. The number of rotatable bonds is 8. The zero-order valence-corrected chi connectivity index (χ0v) is 30.3. The van der Waals surface area contributed by atoms with Gasteiger partial charge < -0.3 is 28.7 Å². The Balaban J connectivity index is 0.000000164. The molecule has 2 aromatic heterocycles. The van der Waals surface area contributed by atoms with Gasteiger partial charge in [0.05, 0.1) is 17.7 Å². The maximum Gasteiger partial charge on any atom is 0.265 e. The molecule has 8 rings (SSSR count). The predicted octanol–water partition coefficient (Wildman–Crippen LogP) is 6.96. The van der Waals surface area contributed by atoms with Crippen LogP contribution in [0.15, 0.2) is 105 Å². The van der Waals surface area contributed by atoms with Crippen LogP contribution in [0.3, 0.4) is 0 Å². The molecule has 12 heteroatoms. The highest BCUT2D eigenvalue weighted by molar-refractivity contribution is 6.11. The lowest BCUT2D eigenvalue weighted by Gasteiger charge is -2.44. The summed E-state index contributed by atoms with van der Waals surface area (Å²) in [6.45, 7) is 2.56. The highest BCUT2D eigenvalue weighted by Crippen LogP contribution is 2.56. The Morgan fingerprint density at radius 3 is 1.87 bits per heavy atom. The number of aliphatic hydroxyl groups excluding tert-OH is 2. The van der Waals surface area contributed by atoms with Gasteiger partial charge in [0.1, 0.15) is 35.9 Å². The zero-order valence-electron chi connectivity index (χ0n) is 30.3. The fraction of sp³-hybridized carbons (Fsp3) is 0.317. The van der Waals surface area contributed by atoms with Crippen LogP contribution in [0.1, 0.15) is 65.6 Å². The number of carbonyl (C=O) groups excluding carboxylic acids is 2. The van der Waals surface area contributed by atoms with Gasteiger partial charge in [-0.15, -0.1) is 0 Å². The van der Waals surface area contributed by atoms with Gasteiger partial charge in [-0.3, -0.25) is 19.4 Å². The molecule has 0 amide bonds. The monoisotopic (exact) mass is 718 g/mol. The molecule has 0 spiro atoms. The summed E-state index contributed by atoms with van der Waals surface area (Å²) < 4.78 is 22.8. The molecule has 0 bridgehead atoms. The number of carbonyl (C=O) groups is 2. The maximum absolute atomic E-state index is 12.6. The highest BCUT2D eigenvalue weighted by atomic mass is 16.5. The van der Waals surface area contributed by atoms with Gasteiger partial charge in [-0.25, -0.2) is 0 Å². The van der Waals surface area contributed by atoms with E-state index in [4.69, 9.17) is 18.5 Å². The molecular weight excluding hydrogens is 676 g/mol. The van der Waals surface area contributed by atoms with Crippen molar-refractivity contribution in [3.63, 3.8) is 0 Å². The molecule has 274 valence electrons. The summed E-state index contributed by atoms with van der Waals surface area (Å²) in [6.07, 6.45) is 8.01. The molecule has 0 aliphatic heterocycles. The number of ketones is 2. The van der Waals surface area contributed by atoms with Gasteiger partial charge in [-0.2, -0.15) is 0 Å². The van der Waals surface area contributed by atoms with Crippen LogP contribution in [0.25, 0.3) is 11.5 Å². The van der Waals surface area contributed by atoms with Gasteiger partial charge in [-0.1, -0.05) is 79.7 Å². The number of benzene rings is 2. The van der Waals surface area contributed by atoms with Crippen molar-refractivity contribution in [3.8, 4) is 11.8 Å². The summed E-state index contributed by atoms with van der Waals surface area (Å²) >= 11 is 0. The van der Waals surface area contributed by atoms with Crippen molar-refractivity contribution in [3.05, 3.63) is 130 Å². The van der Waals surface area contributed by atoms with E-state index in [0.29, 0.717) is 59.8 Å². The Hall–Kier alpha value is -5.72. The minimum atomic E-state index is -0.595. The van der Waals surface area contributed by atoms with Gasteiger partial charge in [0.2, 0.25) is 0 Å². The number of aromatic nitrogens is 2. The summed E-state index contributed by atoms with van der Waals surface area (Å²) in [5, 5.41) is 29.9. The second-order valence-corrected chi connectivity index (χ2v) is 14.3.